The number of sulfonamides is 1. The molecule has 0 unspecified atom stereocenters. The second-order valence-electron chi connectivity index (χ2n) is 5.18. The molecule has 5 heteroatoms. The standard InChI is InChI=1S/C17H21NO3S/c1-14-12-16(8-9-17(14)21-2)13-18-22(19,20)11-10-15-6-4-3-5-7-15/h3-9,12,18H,10-11,13H2,1-2H3. The first-order valence-corrected chi connectivity index (χ1v) is 8.80. The minimum atomic E-state index is -3.29. The van der Waals surface area contributed by atoms with Crippen molar-refractivity contribution in [3.8, 4) is 5.75 Å². The Morgan fingerprint density at radius 1 is 1.05 bits per heavy atom. The van der Waals surface area contributed by atoms with Gasteiger partial charge in [-0.25, -0.2) is 13.1 Å². The molecule has 0 atom stereocenters. The van der Waals surface area contributed by atoms with E-state index in [0.717, 1.165) is 22.4 Å². The summed E-state index contributed by atoms with van der Waals surface area (Å²) in [6.45, 7) is 2.23. The lowest BCUT2D eigenvalue weighted by Crippen LogP contribution is -2.26. The Bertz CT molecular complexity index is 712. The molecule has 0 aliphatic carbocycles. The Balaban J connectivity index is 1.91. The molecule has 0 bridgehead atoms. The fraction of sp³-hybridized carbons (Fsp3) is 0.294. The fourth-order valence-corrected chi connectivity index (χ4v) is 3.25. The number of hydrogen-bond acceptors (Lipinski definition) is 3. The fourth-order valence-electron chi connectivity index (χ4n) is 2.21. The van der Waals surface area contributed by atoms with Gasteiger partial charge >= 0.3 is 0 Å². The Kier molecular flexibility index (Phi) is 5.57. The summed E-state index contributed by atoms with van der Waals surface area (Å²) in [5, 5.41) is 0. The van der Waals surface area contributed by atoms with Crippen LogP contribution in [0, 0.1) is 6.92 Å². The number of methoxy groups -OCH3 is 1. The number of hydrogen-bond donors (Lipinski definition) is 1. The maximum absolute atomic E-state index is 12.0. The molecule has 0 aliphatic rings. The predicted molar refractivity (Wildman–Crippen MR) is 88.5 cm³/mol. The van der Waals surface area contributed by atoms with Crippen LogP contribution in [-0.2, 0) is 23.0 Å². The minimum absolute atomic E-state index is 0.0894. The summed E-state index contributed by atoms with van der Waals surface area (Å²) >= 11 is 0. The molecule has 0 radical (unpaired) electrons. The average molecular weight is 319 g/mol. The van der Waals surface area contributed by atoms with Gasteiger partial charge in [-0.15, -0.1) is 0 Å². The molecule has 0 saturated heterocycles. The van der Waals surface area contributed by atoms with Crippen LogP contribution in [0.3, 0.4) is 0 Å². The Labute approximate surface area is 132 Å². The zero-order valence-electron chi connectivity index (χ0n) is 12.9. The van der Waals surface area contributed by atoms with Gasteiger partial charge in [-0.05, 0) is 36.1 Å². The van der Waals surface area contributed by atoms with Gasteiger partial charge in [0, 0.05) is 6.54 Å². The first-order chi connectivity index (χ1) is 10.5. The van der Waals surface area contributed by atoms with Crippen molar-refractivity contribution in [2.75, 3.05) is 12.9 Å². The molecule has 0 spiro atoms. The molecule has 0 amide bonds. The van der Waals surface area contributed by atoms with Crippen molar-refractivity contribution in [3.63, 3.8) is 0 Å². The monoisotopic (exact) mass is 319 g/mol. The molecule has 0 aromatic heterocycles. The van der Waals surface area contributed by atoms with Crippen LogP contribution in [0.5, 0.6) is 5.75 Å². The molecule has 1 N–H and O–H groups in total. The molecular weight excluding hydrogens is 298 g/mol. The predicted octanol–water partition coefficient (Wildman–Crippen LogP) is 2.67. The topological polar surface area (TPSA) is 55.4 Å². The van der Waals surface area contributed by atoms with Crippen molar-refractivity contribution < 1.29 is 13.2 Å². The van der Waals surface area contributed by atoms with Crippen LogP contribution >= 0.6 is 0 Å². The van der Waals surface area contributed by atoms with Crippen molar-refractivity contribution in [1.82, 2.24) is 4.72 Å². The lowest BCUT2D eigenvalue weighted by molar-refractivity contribution is 0.411. The Hall–Kier alpha value is -1.85. The largest absolute Gasteiger partial charge is 0.496 e. The van der Waals surface area contributed by atoms with E-state index < -0.39 is 10.0 Å². The number of benzene rings is 2. The van der Waals surface area contributed by atoms with E-state index in [2.05, 4.69) is 4.72 Å². The molecule has 118 valence electrons. The zero-order chi connectivity index (χ0) is 16.0. The first kappa shape index (κ1) is 16.5. The van der Waals surface area contributed by atoms with Gasteiger partial charge in [0.2, 0.25) is 10.0 Å². The molecule has 22 heavy (non-hydrogen) atoms. The van der Waals surface area contributed by atoms with Gasteiger partial charge in [0.05, 0.1) is 12.9 Å². The van der Waals surface area contributed by atoms with Crippen LogP contribution in [-0.4, -0.2) is 21.3 Å². The summed E-state index contributed by atoms with van der Waals surface area (Å²) in [5.74, 6) is 0.891. The maximum Gasteiger partial charge on any atom is 0.212 e. The highest BCUT2D eigenvalue weighted by atomic mass is 32.2. The van der Waals surface area contributed by atoms with E-state index in [1.807, 2.05) is 55.5 Å². The Morgan fingerprint density at radius 2 is 1.77 bits per heavy atom. The van der Waals surface area contributed by atoms with E-state index in [1.54, 1.807) is 7.11 Å². The van der Waals surface area contributed by atoms with E-state index in [-0.39, 0.29) is 5.75 Å². The van der Waals surface area contributed by atoms with E-state index >= 15 is 0 Å². The molecule has 2 aromatic carbocycles. The van der Waals surface area contributed by atoms with Gasteiger partial charge in [0.25, 0.3) is 0 Å². The average Bonchev–Trinajstić information content (AvgIpc) is 2.52. The van der Waals surface area contributed by atoms with Crippen molar-refractivity contribution in [2.24, 2.45) is 0 Å². The third-order valence-electron chi connectivity index (χ3n) is 3.46. The highest BCUT2D eigenvalue weighted by Crippen LogP contribution is 2.18. The van der Waals surface area contributed by atoms with Crippen molar-refractivity contribution in [2.45, 2.75) is 19.9 Å². The summed E-state index contributed by atoms with van der Waals surface area (Å²) in [6.07, 6.45) is 0.512. The summed E-state index contributed by atoms with van der Waals surface area (Å²) in [6, 6.07) is 15.3. The molecule has 0 aliphatic heterocycles. The van der Waals surface area contributed by atoms with Crippen LogP contribution in [0.15, 0.2) is 48.5 Å². The molecular formula is C17H21NO3S. The van der Waals surface area contributed by atoms with Crippen LogP contribution in [0.2, 0.25) is 0 Å². The molecule has 0 fully saturated rings. The lowest BCUT2D eigenvalue weighted by atomic mass is 10.1. The van der Waals surface area contributed by atoms with Gasteiger partial charge < -0.3 is 4.74 Å². The van der Waals surface area contributed by atoms with Crippen LogP contribution in [0.25, 0.3) is 0 Å². The number of ether oxygens (including phenoxy) is 1. The summed E-state index contributed by atoms with van der Waals surface area (Å²) in [4.78, 5) is 0. The highest BCUT2D eigenvalue weighted by molar-refractivity contribution is 7.89. The van der Waals surface area contributed by atoms with Gasteiger partial charge in [-0.1, -0.05) is 42.5 Å². The summed E-state index contributed by atoms with van der Waals surface area (Å²) in [7, 11) is -1.67. The third-order valence-corrected chi connectivity index (χ3v) is 4.78. The van der Waals surface area contributed by atoms with Crippen molar-refractivity contribution in [1.29, 1.82) is 0 Å². The van der Waals surface area contributed by atoms with Crippen LogP contribution < -0.4 is 9.46 Å². The molecule has 2 rings (SSSR count). The van der Waals surface area contributed by atoms with Gasteiger partial charge in [0.1, 0.15) is 5.75 Å². The number of rotatable bonds is 7. The Morgan fingerprint density at radius 3 is 2.41 bits per heavy atom. The van der Waals surface area contributed by atoms with Gasteiger partial charge in [0.15, 0.2) is 0 Å². The molecule has 0 saturated carbocycles. The third kappa shape index (κ3) is 4.86. The quantitative estimate of drug-likeness (QED) is 0.853. The van der Waals surface area contributed by atoms with Crippen LogP contribution in [0.1, 0.15) is 16.7 Å². The minimum Gasteiger partial charge on any atom is -0.496 e. The second-order valence-corrected chi connectivity index (χ2v) is 7.11. The normalized spacial score (nSPS) is 11.4. The SMILES string of the molecule is COc1ccc(CNS(=O)(=O)CCc2ccccc2)cc1C. The first-order valence-electron chi connectivity index (χ1n) is 7.15. The molecule has 2 aromatic rings. The maximum atomic E-state index is 12.0. The lowest BCUT2D eigenvalue weighted by Gasteiger charge is -2.09. The van der Waals surface area contributed by atoms with E-state index in [0.29, 0.717) is 13.0 Å². The van der Waals surface area contributed by atoms with Gasteiger partial charge in [-0.3, -0.25) is 0 Å². The van der Waals surface area contributed by atoms with Crippen molar-refractivity contribution >= 4 is 10.0 Å². The zero-order valence-corrected chi connectivity index (χ0v) is 13.7. The molecule has 0 heterocycles. The number of nitrogens with one attached hydrogen (secondary N) is 1. The van der Waals surface area contributed by atoms with Crippen LogP contribution in [0.4, 0.5) is 0 Å². The molecule has 4 nitrogen and oxygen atoms in total. The van der Waals surface area contributed by atoms with Gasteiger partial charge in [-0.2, -0.15) is 0 Å². The van der Waals surface area contributed by atoms with E-state index in [9.17, 15) is 8.42 Å². The highest BCUT2D eigenvalue weighted by Gasteiger charge is 2.10. The van der Waals surface area contributed by atoms with Crippen molar-refractivity contribution in [3.05, 3.63) is 65.2 Å². The summed E-state index contributed by atoms with van der Waals surface area (Å²) in [5.41, 5.74) is 2.93. The second kappa shape index (κ2) is 7.42. The van der Waals surface area contributed by atoms with E-state index in [4.69, 9.17) is 4.74 Å². The smallest absolute Gasteiger partial charge is 0.212 e. The van der Waals surface area contributed by atoms with E-state index in [1.165, 1.54) is 0 Å². The summed E-state index contributed by atoms with van der Waals surface area (Å²) < 4.78 is 31.9. The number of aryl methyl sites for hydroxylation is 2.